The van der Waals surface area contributed by atoms with Gasteiger partial charge in [0.25, 0.3) is 0 Å². The number of ether oxygens (including phenoxy) is 1. The maximum atomic E-state index is 14.7. The van der Waals surface area contributed by atoms with Crippen LogP contribution >= 0.6 is 0 Å². The Balaban J connectivity index is 1.38. The zero-order valence-corrected chi connectivity index (χ0v) is 28.5. The number of hydrogen-bond acceptors (Lipinski definition) is 6. The second-order valence-corrected chi connectivity index (χ2v) is 12.3. The molecule has 14 heteroatoms. The Bertz CT molecular complexity index is 2280. The molecular weight excluding hydrogens is 723 g/mol. The molecule has 5 aromatic carbocycles. The van der Waals surface area contributed by atoms with E-state index in [-0.39, 0.29) is 6.42 Å². The lowest BCUT2D eigenvalue weighted by molar-refractivity contribution is -0.142. The molecule has 2 atom stereocenters. The van der Waals surface area contributed by atoms with Gasteiger partial charge in [-0.05, 0) is 28.3 Å². The molecule has 55 heavy (non-hydrogen) atoms. The Morgan fingerprint density at radius 2 is 1.20 bits per heavy atom. The van der Waals surface area contributed by atoms with Gasteiger partial charge < -0.3 is 20.4 Å². The van der Waals surface area contributed by atoms with E-state index in [0.717, 1.165) is 0 Å². The van der Waals surface area contributed by atoms with E-state index in [4.69, 9.17) is 4.74 Å². The molecule has 278 valence electrons. The minimum atomic E-state index is -2.50. The van der Waals surface area contributed by atoms with Gasteiger partial charge >= 0.3 is 5.97 Å². The highest BCUT2D eigenvalue weighted by molar-refractivity contribution is 5.93. The van der Waals surface area contributed by atoms with Gasteiger partial charge in [0.15, 0.2) is 0 Å². The van der Waals surface area contributed by atoms with Crippen LogP contribution in [0.2, 0.25) is 0 Å². The average Bonchev–Trinajstić information content (AvgIpc) is 3.63. The van der Waals surface area contributed by atoms with Crippen molar-refractivity contribution in [1.82, 2.24) is 15.6 Å². The van der Waals surface area contributed by atoms with Gasteiger partial charge in [-0.2, -0.15) is 13.8 Å². The summed E-state index contributed by atoms with van der Waals surface area (Å²) in [5, 5.41) is 5.87. The van der Waals surface area contributed by atoms with Gasteiger partial charge in [0.05, 0.1) is 6.42 Å². The molecule has 9 nitrogen and oxygen atoms in total. The maximum absolute atomic E-state index is 14.7. The molecule has 3 N–H and O–H groups in total. The Hall–Kier alpha value is -6.92. The van der Waals surface area contributed by atoms with E-state index >= 15 is 0 Å². The van der Waals surface area contributed by atoms with Crippen LogP contribution in [0.25, 0.3) is 10.9 Å². The molecule has 1 aromatic heterocycles. The smallest absolute Gasteiger partial charge is 0.334 e. The summed E-state index contributed by atoms with van der Waals surface area (Å²) < 4.78 is 76.0. The number of fused-ring (bicyclic) bond motifs is 1. The molecule has 0 saturated carbocycles. The Labute approximate surface area is 309 Å². The number of carbonyl (C=O) groups excluding carboxylic acids is 4. The van der Waals surface area contributed by atoms with Crippen molar-refractivity contribution in [2.75, 3.05) is 0 Å². The molecule has 0 aliphatic rings. The van der Waals surface area contributed by atoms with E-state index in [0.29, 0.717) is 33.2 Å². The summed E-state index contributed by atoms with van der Waals surface area (Å²) in [5.74, 6) is -18.0. The molecule has 0 fully saturated rings. The monoisotopic (exact) mass is 752 g/mol. The van der Waals surface area contributed by atoms with Crippen molar-refractivity contribution < 1.29 is 45.9 Å². The first-order valence-electron chi connectivity index (χ1n) is 16.7. The van der Waals surface area contributed by atoms with Crippen molar-refractivity contribution >= 4 is 34.8 Å². The number of aliphatic imine (C=N–C) groups is 1. The van der Waals surface area contributed by atoms with Crippen LogP contribution in [0.5, 0.6) is 5.75 Å². The van der Waals surface area contributed by atoms with E-state index in [2.05, 4.69) is 20.6 Å². The number of isocyanates is 1. The molecule has 6 aromatic rings. The topological polar surface area (TPSA) is 130 Å². The summed E-state index contributed by atoms with van der Waals surface area (Å²) in [6, 6.07) is 29.6. The van der Waals surface area contributed by atoms with Gasteiger partial charge in [-0.15, -0.1) is 0 Å². The fraction of sp³-hybridized carbons (Fsp3) is 0.122. The zero-order valence-electron chi connectivity index (χ0n) is 28.5. The summed E-state index contributed by atoms with van der Waals surface area (Å²) in [5.41, 5.74) is 1.52. The van der Waals surface area contributed by atoms with Crippen LogP contribution in [0.15, 0.2) is 126 Å². The molecule has 0 spiro atoms. The molecule has 0 aliphatic heterocycles. The molecule has 2 amide bonds. The zero-order chi connectivity index (χ0) is 39.1. The fourth-order valence-corrected chi connectivity index (χ4v) is 6.30. The van der Waals surface area contributed by atoms with Crippen molar-refractivity contribution in [3.05, 3.63) is 173 Å². The van der Waals surface area contributed by atoms with E-state index in [9.17, 15) is 41.1 Å². The van der Waals surface area contributed by atoms with Crippen molar-refractivity contribution in [3.8, 4) is 5.75 Å². The number of carbonyl (C=O) groups is 3. The quantitative estimate of drug-likeness (QED) is 0.0177. The number of H-pyrrole nitrogens is 1. The van der Waals surface area contributed by atoms with Gasteiger partial charge in [-0.1, -0.05) is 109 Å². The lowest BCUT2D eigenvalue weighted by Gasteiger charge is -2.37. The second kappa shape index (κ2) is 16.4. The van der Waals surface area contributed by atoms with Crippen LogP contribution in [0.1, 0.15) is 28.7 Å². The maximum Gasteiger partial charge on any atom is 0.334 e. The van der Waals surface area contributed by atoms with Gasteiger partial charge in [0.2, 0.25) is 52.7 Å². The van der Waals surface area contributed by atoms with Gasteiger partial charge in [-0.3, -0.25) is 9.59 Å². The number of esters is 1. The third-order valence-corrected chi connectivity index (χ3v) is 8.91. The summed E-state index contributed by atoms with van der Waals surface area (Å²) in [6.07, 6.45) is 1.67. The van der Waals surface area contributed by atoms with Crippen molar-refractivity contribution in [3.63, 3.8) is 0 Å². The number of nitrogens with zero attached hydrogens (tertiary/aromatic N) is 1. The van der Waals surface area contributed by atoms with Crippen LogP contribution < -0.4 is 15.4 Å². The van der Waals surface area contributed by atoms with Crippen LogP contribution in [-0.4, -0.2) is 40.9 Å². The first kappa shape index (κ1) is 37.8. The number of aromatic nitrogens is 1. The lowest BCUT2D eigenvalue weighted by Crippen LogP contribution is -2.53. The van der Waals surface area contributed by atoms with Crippen molar-refractivity contribution in [2.45, 2.75) is 30.5 Å². The minimum Gasteiger partial charge on any atom is -0.418 e. The molecule has 0 aliphatic carbocycles. The first-order valence-corrected chi connectivity index (χ1v) is 16.7. The summed E-state index contributed by atoms with van der Waals surface area (Å²) >= 11 is 0. The Morgan fingerprint density at radius 3 is 1.73 bits per heavy atom. The predicted octanol–water partition coefficient (Wildman–Crippen LogP) is 6.70. The number of nitrogens with one attached hydrogen (secondary N) is 3. The molecule has 0 unspecified atom stereocenters. The molecule has 0 saturated heterocycles. The standard InChI is InChI=1S/C41H29F5N4O5/c42-33-34(43)36(45)38(37(46)35(33)44)55-40(54)31(49-39(53)30(48-23-51)20-24-22-47-29-19-11-10-18-28(24)29)21-32(52)50-41(25-12-4-1-5-13-25,26-14-6-2-7-15-26)27-16-8-3-9-17-27/h1-19,22,30-31,47H,20-21H2,(H,49,53)(H,50,52)/t30-,31-/m1/s1. The number of benzene rings is 5. The summed E-state index contributed by atoms with van der Waals surface area (Å²) in [4.78, 5) is 59.7. The van der Waals surface area contributed by atoms with E-state index in [1.165, 1.54) is 6.08 Å². The lowest BCUT2D eigenvalue weighted by atomic mass is 9.77. The molecule has 6 rings (SSSR count). The summed E-state index contributed by atoms with van der Waals surface area (Å²) in [7, 11) is 0. The number of halogens is 5. The molecular formula is C41H29F5N4O5. The highest BCUT2D eigenvalue weighted by atomic mass is 19.2. The van der Waals surface area contributed by atoms with Crippen molar-refractivity contribution in [2.24, 2.45) is 4.99 Å². The average molecular weight is 753 g/mol. The van der Waals surface area contributed by atoms with Crippen molar-refractivity contribution in [1.29, 1.82) is 0 Å². The van der Waals surface area contributed by atoms with Gasteiger partial charge in [-0.25, -0.2) is 22.8 Å². The Morgan fingerprint density at radius 1 is 0.709 bits per heavy atom. The number of aromatic amines is 1. The predicted molar refractivity (Wildman–Crippen MR) is 190 cm³/mol. The van der Waals surface area contributed by atoms with Crippen LogP contribution in [0, 0.1) is 29.1 Å². The summed E-state index contributed by atoms with van der Waals surface area (Å²) in [6.45, 7) is 0. The third-order valence-electron chi connectivity index (χ3n) is 8.91. The highest BCUT2D eigenvalue weighted by Gasteiger charge is 2.40. The first-order chi connectivity index (χ1) is 26.5. The normalized spacial score (nSPS) is 12.3. The highest BCUT2D eigenvalue weighted by Crippen LogP contribution is 2.37. The second-order valence-electron chi connectivity index (χ2n) is 12.3. The number of rotatable bonds is 13. The molecule has 1 heterocycles. The SMILES string of the molecule is O=C=N[C@H](Cc1c[nH]c2ccccc12)C(=O)N[C@H](CC(=O)NC(c1ccccc1)(c1ccccc1)c1ccccc1)C(=O)Oc1c(F)c(F)c(F)c(F)c1F. The van der Waals surface area contributed by atoms with Crippen LogP contribution in [0.4, 0.5) is 22.0 Å². The van der Waals surface area contributed by atoms with E-state index in [1.807, 2.05) is 0 Å². The molecule has 0 radical (unpaired) electrons. The van der Waals surface area contributed by atoms with Crippen LogP contribution in [0.3, 0.4) is 0 Å². The van der Waals surface area contributed by atoms with Crippen LogP contribution in [-0.2, 0) is 31.1 Å². The minimum absolute atomic E-state index is 0.212. The number of amides is 2. The molecule has 0 bridgehead atoms. The number of hydrogen-bond donors (Lipinski definition) is 3. The fourth-order valence-electron chi connectivity index (χ4n) is 6.30. The van der Waals surface area contributed by atoms with Gasteiger partial charge in [0.1, 0.15) is 17.6 Å². The van der Waals surface area contributed by atoms with Gasteiger partial charge in [0, 0.05) is 23.5 Å². The van der Waals surface area contributed by atoms with E-state index < -0.39 is 76.7 Å². The third kappa shape index (κ3) is 7.75. The largest absolute Gasteiger partial charge is 0.418 e. The van der Waals surface area contributed by atoms with E-state index in [1.54, 1.807) is 121 Å². The number of para-hydroxylation sites is 1. The Kier molecular flexibility index (Phi) is 11.3.